The number of rotatable bonds is 7. The summed E-state index contributed by atoms with van der Waals surface area (Å²) in [6, 6.07) is 11.5. The first-order valence-electron chi connectivity index (χ1n) is 6.27. The van der Waals surface area contributed by atoms with E-state index in [1.807, 2.05) is 30.3 Å². The summed E-state index contributed by atoms with van der Waals surface area (Å²) in [5, 5.41) is 2.82. The van der Waals surface area contributed by atoms with Crippen LogP contribution in [0, 0.1) is 0 Å². The first-order chi connectivity index (χ1) is 9.78. The summed E-state index contributed by atoms with van der Waals surface area (Å²) in [7, 11) is 1.65. The van der Waals surface area contributed by atoms with Gasteiger partial charge in [-0.3, -0.25) is 4.79 Å². The zero-order chi connectivity index (χ0) is 14.2. The third-order valence-electron chi connectivity index (χ3n) is 2.70. The van der Waals surface area contributed by atoms with Crippen LogP contribution in [0.15, 0.2) is 47.1 Å². The molecule has 0 aliphatic heterocycles. The second kappa shape index (κ2) is 7.65. The predicted molar refractivity (Wildman–Crippen MR) is 79.7 cm³/mol. The molecule has 0 atom stereocenters. The van der Waals surface area contributed by atoms with Crippen LogP contribution in [0.3, 0.4) is 0 Å². The molecule has 1 amide bonds. The van der Waals surface area contributed by atoms with Crippen LogP contribution in [-0.4, -0.2) is 18.8 Å². The molecule has 0 aliphatic carbocycles. The van der Waals surface area contributed by atoms with Gasteiger partial charge in [-0.15, -0.1) is 11.8 Å². The van der Waals surface area contributed by atoms with Crippen molar-refractivity contribution in [2.75, 3.05) is 12.9 Å². The highest BCUT2D eigenvalue weighted by molar-refractivity contribution is 7.99. The lowest BCUT2D eigenvalue weighted by Gasteiger charge is -2.05. The zero-order valence-electron chi connectivity index (χ0n) is 11.3. The Hall–Kier alpha value is -1.88. The lowest BCUT2D eigenvalue weighted by molar-refractivity contribution is -0.118. The van der Waals surface area contributed by atoms with E-state index in [1.165, 1.54) is 5.56 Å². The molecule has 0 fully saturated rings. The number of furan rings is 1. The van der Waals surface area contributed by atoms with Crippen molar-refractivity contribution in [2.24, 2.45) is 0 Å². The third kappa shape index (κ3) is 4.66. The van der Waals surface area contributed by atoms with E-state index in [4.69, 9.17) is 9.15 Å². The summed E-state index contributed by atoms with van der Waals surface area (Å²) < 4.78 is 10.2. The van der Waals surface area contributed by atoms with E-state index in [1.54, 1.807) is 31.2 Å². The van der Waals surface area contributed by atoms with Crippen LogP contribution in [0.2, 0.25) is 0 Å². The first kappa shape index (κ1) is 14.5. The summed E-state index contributed by atoms with van der Waals surface area (Å²) >= 11 is 1.58. The molecule has 0 bridgehead atoms. The van der Waals surface area contributed by atoms with Gasteiger partial charge in [0.25, 0.3) is 0 Å². The maximum Gasteiger partial charge on any atom is 0.230 e. The zero-order valence-corrected chi connectivity index (χ0v) is 12.1. The molecule has 4 nitrogen and oxygen atoms in total. The monoisotopic (exact) mass is 291 g/mol. The second-order valence-corrected chi connectivity index (χ2v) is 5.18. The van der Waals surface area contributed by atoms with Gasteiger partial charge in [-0.05, 0) is 29.8 Å². The predicted octanol–water partition coefficient (Wildman–Crippen LogP) is 2.84. The van der Waals surface area contributed by atoms with E-state index >= 15 is 0 Å². The molecule has 1 aromatic carbocycles. The fourth-order valence-corrected chi connectivity index (χ4v) is 2.45. The highest BCUT2D eigenvalue weighted by atomic mass is 32.2. The quantitative estimate of drug-likeness (QED) is 0.852. The van der Waals surface area contributed by atoms with Gasteiger partial charge in [0.05, 0.1) is 25.7 Å². The molecule has 0 aliphatic rings. The molecule has 2 aromatic rings. The SMILES string of the molecule is COc1ccc(CSCC(=O)NCc2ccco2)cc1. The summed E-state index contributed by atoms with van der Waals surface area (Å²) in [5.74, 6) is 2.86. The average Bonchev–Trinajstić information content (AvgIpc) is 2.99. The molecule has 1 heterocycles. The van der Waals surface area contributed by atoms with E-state index in [9.17, 15) is 4.79 Å². The van der Waals surface area contributed by atoms with Crippen molar-refractivity contribution < 1.29 is 13.9 Å². The van der Waals surface area contributed by atoms with Gasteiger partial charge in [0.2, 0.25) is 5.91 Å². The number of hydrogen-bond acceptors (Lipinski definition) is 4. The second-order valence-electron chi connectivity index (χ2n) is 4.20. The number of amides is 1. The van der Waals surface area contributed by atoms with Gasteiger partial charge in [-0.2, -0.15) is 0 Å². The van der Waals surface area contributed by atoms with Crippen LogP contribution < -0.4 is 10.1 Å². The lowest BCUT2D eigenvalue weighted by Crippen LogP contribution is -2.24. The van der Waals surface area contributed by atoms with Gasteiger partial charge < -0.3 is 14.5 Å². The fraction of sp³-hybridized carbons (Fsp3) is 0.267. The topological polar surface area (TPSA) is 51.5 Å². The highest BCUT2D eigenvalue weighted by Crippen LogP contribution is 2.16. The maximum atomic E-state index is 11.6. The summed E-state index contributed by atoms with van der Waals surface area (Å²) in [5.41, 5.74) is 1.18. The average molecular weight is 291 g/mol. The minimum Gasteiger partial charge on any atom is -0.497 e. The summed E-state index contributed by atoms with van der Waals surface area (Å²) in [4.78, 5) is 11.6. The van der Waals surface area contributed by atoms with Crippen LogP contribution in [0.4, 0.5) is 0 Å². The Balaban J connectivity index is 1.65. The Bertz CT molecular complexity index is 523. The summed E-state index contributed by atoms with van der Waals surface area (Å²) in [6.45, 7) is 0.439. The standard InChI is InChI=1S/C15H17NO3S/c1-18-13-6-4-12(5-7-13)10-20-11-15(17)16-9-14-3-2-8-19-14/h2-8H,9-11H2,1H3,(H,16,17). The number of ether oxygens (including phenoxy) is 1. The van der Waals surface area contributed by atoms with Gasteiger partial charge >= 0.3 is 0 Å². The number of hydrogen-bond donors (Lipinski definition) is 1. The largest absolute Gasteiger partial charge is 0.497 e. The van der Waals surface area contributed by atoms with Crippen LogP contribution in [0.1, 0.15) is 11.3 Å². The Morgan fingerprint density at radius 2 is 2.10 bits per heavy atom. The Morgan fingerprint density at radius 1 is 1.30 bits per heavy atom. The van der Waals surface area contributed by atoms with Crippen LogP contribution >= 0.6 is 11.8 Å². The Morgan fingerprint density at radius 3 is 2.75 bits per heavy atom. The molecule has 1 aromatic heterocycles. The smallest absolute Gasteiger partial charge is 0.230 e. The third-order valence-corrected chi connectivity index (χ3v) is 3.70. The van der Waals surface area contributed by atoms with E-state index in [0.717, 1.165) is 17.3 Å². The number of methoxy groups -OCH3 is 1. The van der Waals surface area contributed by atoms with E-state index in [-0.39, 0.29) is 5.91 Å². The molecular weight excluding hydrogens is 274 g/mol. The van der Waals surface area contributed by atoms with Gasteiger partial charge in [-0.25, -0.2) is 0 Å². The van der Waals surface area contributed by atoms with Gasteiger partial charge in [-0.1, -0.05) is 12.1 Å². The van der Waals surface area contributed by atoms with E-state index in [2.05, 4.69) is 5.32 Å². The van der Waals surface area contributed by atoms with Crippen LogP contribution in [-0.2, 0) is 17.1 Å². The van der Waals surface area contributed by atoms with Gasteiger partial charge in [0, 0.05) is 5.75 Å². The molecule has 0 saturated heterocycles. The number of thioether (sulfide) groups is 1. The van der Waals surface area contributed by atoms with Crippen LogP contribution in [0.25, 0.3) is 0 Å². The van der Waals surface area contributed by atoms with E-state index < -0.39 is 0 Å². The molecule has 0 radical (unpaired) electrons. The molecule has 5 heteroatoms. The van der Waals surface area contributed by atoms with Crippen LogP contribution in [0.5, 0.6) is 5.75 Å². The van der Waals surface area contributed by atoms with Gasteiger partial charge in [0.1, 0.15) is 11.5 Å². The van der Waals surface area contributed by atoms with Crippen molar-refractivity contribution in [1.29, 1.82) is 0 Å². The molecule has 0 saturated carbocycles. The highest BCUT2D eigenvalue weighted by Gasteiger charge is 2.03. The molecule has 1 N–H and O–H groups in total. The van der Waals surface area contributed by atoms with Crippen molar-refractivity contribution in [3.63, 3.8) is 0 Å². The Kier molecular flexibility index (Phi) is 5.55. The van der Waals surface area contributed by atoms with Gasteiger partial charge in [0.15, 0.2) is 0 Å². The summed E-state index contributed by atoms with van der Waals surface area (Å²) in [6.07, 6.45) is 1.60. The minimum atomic E-state index is 0.0138. The lowest BCUT2D eigenvalue weighted by atomic mass is 10.2. The molecule has 106 valence electrons. The molecule has 20 heavy (non-hydrogen) atoms. The maximum absolute atomic E-state index is 11.6. The number of carbonyl (C=O) groups excluding carboxylic acids is 1. The van der Waals surface area contributed by atoms with Crippen molar-refractivity contribution in [2.45, 2.75) is 12.3 Å². The first-order valence-corrected chi connectivity index (χ1v) is 7.43. The number of nitrogens with one attached hydrogen (secondary N) is 1. The number of benzene rings is 1. The van der Waals surface area contributed by atoms with Crippen molar-refractivity contribution in [1.82, 2.24) is 5.32 Å². The molecule has 2 rings (SSSR count). The van der Waals surface area contributed by atoms with Crippen molar-refractivity contribution in [3.8, 4) is 5.75 Å². The number of carbonyl (C=O) groups is 1. The molecule has 0 spiro atoms. The van der Waals surface area contributed by atoms with Crippen molar-refractivity contribution in [3.05, 3.63) is 54.0 Å². The van der Waals surface area contributed by atoms with E-state index in [0.29, 0.717) is 12.3 Å². The fourth-order valence-electron chi connectivity index (χ4n) is 1.63. The minimum absolute atomic E-state index is 0.0138. The molecule has 0 unspecified atom stereocenters. The molecular formula is C15H17NO3S. The Labute approximate surface area is 122 Å². The normalized spacial score (nSPS) is 10.2. The van der Waals surface area contributed by atoms with Crippen molar-refractivity contribution >= 4 is 17.7 Å².